The third kappa shape index (κ3) is 2.91. The summed E-state index contributed by atoms with van der Waals surface area (Å²) in [6.07, 6.45) is 0. The topological polar surface area (TPSA) is 44.5 Å². The molecule has 4 heteroatoms. The van der Waals surface area contributed by atoms with Gasteiger partial charge in [0.15, 0.2) is 0 Å². The Kier molecular flexibility index (Phi) is 4.45. The van der Waals surface area contributed by atoms with Crippen LogP contribution < -0.4 is 15.2 Å². The lowest BCUT2D eigenvalue weighted by molar-refractivity contribution is 0.400. The van der Waals surface area contributed by atoms with Crippen LogP contribution in [0.5, 0.6) is 11.5 Å². The van der Waals surface area contributed by atoms with Crippen molar-refractivity contribution in [2.24, 2.45) is 5.73 Å². The van der Waals surface area contributed by atoms with Gasteiger partial charge in [0.2, 0.25) is 0 Å². The first-order valence-corrected chi connectivity index (χ1v) is 6.68. The van der Waals surface area contributed by atoms with Crippen LogP contribution in [0.15, 0.2) is 46.9 Å². The quantitative estimate of drug-likeness (QED) is 0.937. The largest absolute Gasteiger partial charge is 0.496 e. The van der Waals surface area contributed by atoms with Crippen molar-refractivity contribution in [1.82, 2.24) is 0 Å². The van der Waals surface area contributed by atoms with Crippen LogP contribution in [-0.4, -0.2) is 14.2 Å². The number of nitrogens with two attached hydrogens (primary N) is 1. The van der Waals surface area contributed by atoms with Gasteiger partial charge in [0.05, 0.1) is 20.3 Å². The van der Waals surface area contributed by atoms with Gasteiger partial charge >= 0.3 is 0 Å². The SMILES string of the molecule is COc1ccccc1C(N)c1ccc(Br)cc1OC. The summed E-state index contributed by atoms with van der Waals surface area (Å²) in [7, 11) is 3.28. The first-order valence-electron chi connectivity index (χ1n) is 5.89. The summed E-state index contributed by atoms with van der Waals surface area (Å²) in [5.74, 6) is 1.53. The van der Waals surface area contributed by atoms with E-state index in [4.69, 9.17) is 15.2 Å². The Morgan fingerprint density at radius 3 is 2.26 bits per heavy atom. The van der Waals surface area contributed by atoms with E-state index in [0.29, 0.717) is 0 Å². The van der Waals surface area contributed by atoms with E-state index >= 15 is 0 Å². The molecule has 2 aromatic carbocycles. The number of rotatable bonds is 4. The number of hydrogen-bond donors (Lipinski definition) is 1. The van der Waals surface area contributed by atoms with Crippen molar-refractivity contribution in [2.75, 3.05) is 14.2 Å². The summed E-state index contributed by atoms with van der Waals surface area (Å²) < 4.78 is 11.7. The molecule has 2 aromatic rings. The Morgan fingerprint density at radius 1 is 0.947 bits per heavy atom. The molecule has 0 aliphatic carbocycles. The van der Waals surface area contributed by atoms with Crippen molar-refractivity contribution in [2.45, 2.75) is 6.04 Å². The first kappa shape index (κ1) is 13.9. The summed E-state index contributed by atoms with van der Waals surface area (Å²) in [6.45, 7) is 0. The fourth-order valence-electron chi connectivity index (χ4n) is 2.03. The van der Waals surface area contributed by atoms with Crippen LogP contribution in [0, 0.1) is 0 Å². The van der Waals surface area contributed by atoms with Crippen LogP contribution in [0.2, 0.25) is 0 Å². The number of para-hydroxylation sites is 1. The fraction of sp³-hybridized carbons (Fsp3) is 0.200. The zero-order valence-corrected chi connectivity index (χ0v) is 12.5. The molecular weight excluding hydrogens is 306 g/mol. The lowest BCUT2D eigenvalue weighted by Gasteiger charge is -2.18. The van der Waals surface area contributed by atoms with Gasteiger partial charge in [-0.15, -0.1) is 0 Å². The number of methoxy groups -OCH3 is 2. The Morgan fingerprint density at radius 2 is 1.58 bits per heavy atom. The molecule has 0 bridgehead atoms. The molecule has 1 atom stereocenters. The second-order valence-electron chi connectivity index (χ2n) is 4.11. The van der Waals surface area contributed by atoms with Crippen LogP contribution in [0.3, 0.4) is 0 Å². The molecule has 0 heterocycles. The van der Waals surface area contributed by atoms with Crippen LogP contribution in [0.1, 0.15) is 17.2 Å². The van der Waals surface area contributed by atoms with Gasteiger partial charge in [-0.2, -0.15) is 0 Å². The van der Waals surface area contributed by atoms with Gasteiger partial charge in [0.25, 0.3) is 0 Å². The molecule has 0 aliphatic heterocycles. The first-order chi connectivity index (χ1) is 9.17. The normalized spacial score (nSPS) is 12.0. The second kappa shape index (κ2) is 6.08. The maximum Gasteiger partial charge on any atom is 0.125 e. The summed E-state index contributed by atoms with van der Waals surface area (Å²) in [4.78, 5) is 0. The molecule has 3 nitrogen and oxygen atoms in total. The average Bonchev–Trinajstić information content (AvgIpc) is 2.46. The second-order valence-corrected chi connectivity index (χ2v) is 5.02. The van der Waals surface area contributed by atoms with Crippen LogP contribution >= 0.6 is 15.9 Å². The van der Waals surface area contributed by atoms with Gasteiger partial charge in [-0.1, -0.05) is 40.2 Å². The fourth-order valence-corrected chi connectivity index (χ4v) is 2.37. The predicted octanol–water partition coefficient (Wildman–Crippen LogP) is 3.51. The van der Waals surface area contributed by atoms with E-state index < -0.39 is 0 Å². The minimum absolute atomic E-state index is 0.292. The highest BCUT2D eigenvalue weighted by atomic mass is 79.9. The molecule has 0 aliphatic rings. The van der Waals surface area contributed by atoms with E-state index in [2.05, 4.69) is 15.9 Å². The molecule has 1 unspecified atom stereocenters. The Labute approximate surface area is 121 Å². The molecule has 0 aromatic heterocycles. The molecule has 100 valence electrons. The molecule has 0 saturated carbocycles. The van der Waals surface area contributed by atoms with Gasteiger partial charge in [-0.3, -0.25) is 0 Å². The van der Waals surface area contributed by atoms with Gasteiger partial charge in [-0.05, 0) is 18.2 Å². The summed E-state index contributed by atoms with van der Waals surface area (Å²) >= 11 is 3.43. The molecule has 2 N–H and O–H groups in total. The number of benzene rings is 2. The Hall–Kier alpha value is -1.52. The molecule has 0 amide bonds. The van der Waals surface area contributed by atoms with Crippen molar-refractivity contribution in [3.63, 3.8) is 0 Å². The lowest BCUT2D eigenvalue weighted by Crippen LogP contribution is -2.14. The molecule has 0 saturated heterocycles. The maximum atomic E-state index is 6.34. The summed E-state index contributed by atoms with van der Waals surface area (Å²) in [5, 5.41) is 0. The molecule has 0 spiro atoms. The molecule has 0 radical (unpaired) electrons. The Bertz CT molecular complexity index is 572. The third-order valence-corrected chi connectivity index (χ3v) is 3.50. The number of ether oxygens (including phenoxy) is 2. The predicted molar refractivity (Wildman–Crippen MR) is 79.7 cm³/mol. The zero-order chi connectivity index (χ0) is 13.8. The van der Waals surface area contributed by atoms with Crippen molar-refractivity contribution < 1.29 is 9.47 Å². The van der Waals surface area contributed by atoms with Gasteiger partial charge < -0.3 is 15.2 Å². The Balaban J connectivity index is 2.46. The van der Waals surface area contributed by atoms with Crippen molar-refractivity contribution in [1.29, 1.82) is 0 Å². The highest BCUT2D eigenvalue weighted by Gasteiger charge is 2.17. The molecular formula is C15H16BrNO2. The lowest BCUT2D eigenvalue weighted by atomic mass is 9.98. The van der Waals surface area contributed by atoms with Gasteiger partial charge in [0.1, 0.15) is 11.5 Å². The zero-order valence-electron chi connectivity index (χ0n) is 10.9. The van der Waals surface area contributed by atoms with E-state index in [1.54, 1.807) is 14.2 Å². The highest BCUT2D eigenvalue weighted by molar-refractivity contribution is 9.10. The molecule has 19 heavy (non-hydrogen) atoms. The number of halogens is 1. The summed E-state index contributed by atoms with van der Waals surface area (Å²) in [6, 6.07) is 13.3. The molecule has 0 fully saturated rings. The van der Waals surface area contributed by atoms with Gasteiger partial charge in [-0.25, -0.2) is 0 Å². The summed E-state index contributed by atoms with van der Waals surface area (Å²) in [5.41, 5.74) is 8.21. The average molecular weight is 322 g/mol. The minimum Gasteiger partial charge on any atom is -0.496 e. The van der Waals surface area contributed by atoms with E-state index in [-0.39, 0.29) is 6.04 Å². The molecule has 2 rings (SSSR count). The van der Waals surface area contributed by atoms with Crippen LogP contribution in [-0.2, 0) is 0 Å². The maximum absolute atomic E-state index is 6.34. The van der Waals surface area contributed by atoms with Crippen molar-refractivity contribution in [3.8, 4) is 11.5 Å². The standard InChI is InChI=1S/C15H16BrNO2/c1-18-13-6-4-3-5-11(13)15(17)12-8-7-10(16)9-14(12)19-2/h3-9,15H,17H2,1-2H3. The van der Waals surface area contributed by atoms with Gasteiger partial charge in [0, 0.05) is 15.6 Å². The smallest absolute Gasteiger partial charge is 0.125 e. The van der Waals surface area contributed by atoms with E-state index in [1.165, 1.54) is 0 Å². The highest BCUT2D eigenvalue weighted by Crippen LogP contribution is 2.34. The minimum atomic E-state index is -0.292. The van der Waals surface area contributed by atoms with Crippen LogP contribution in [0.4, 0.5) is 0 Å². The van der Waals surface area contributed by atoms with E-state index in [0.717, 1.165) is 27.1 Å². The van der Waals surface area contributed by atoms with Crippen molar-refractivity contribution in [3.05, 3.63) is 58.1 Å². The number of hydrogen-bond acceptors (Lipinski definition) is 3. The van der Waals surface area contributed by atoms with E-state index in [9.17, 15) is 0 Å². The van der Waals surface area contributed by atoms with Crippen LogP contribution in [0.25, 0.3) is 0 Å². The monoisotopic (exact) mass is 321 g/mol. The van der Waals surface area contributed by atoms with Crippen molar-refractivity contribution >= 4 is 15.9 Å². The van der Waals surface area contributed by atoms with E-state index in [1.807, 2.05) is 42.5 Å². The third-order valence-electron chi connectivity index (χ3n) is 3.00.